The highest BCUT2D eigenvalue weighted by molar-refractivity contribution is 6.84. The van der Waals surface area contributed by atoms with Crippen molar-refractivity contribution in [3.8, 4) is 0 Å². The average molecular weight is 182 g/mol. The molecule has 0 aliphatic carbocycles. The van der Waals surface area contributed by atoms with Gasteiger partial charge in [-0.2, -0.15) is 0 Å². The summed E-state index contributed by atoms with van der Waals surface area (Å²) in [6, 6.07) is 4.09. The van der Waals surface area contributed by atoms with Crippen molar-refractivity contribution in [1.82, 2.24) is 0 Å². The van der Waals surface area contributed by atoms with Crippen LogP contribution in [0.3, 0.4) is 0 Å². The SMILES string of the molecule is C=C(C)C=C[Si](CC)(CC)CC. The number of hydrogen-bond donors (Lipinski definition) is 0. The molecule has 0 bridgehead atoms. The third-order valence-corrected chi connectivity index (χ3v) is 7.93. The molecule has 0 aromatic carbocycles. The monoisotopic (exact) mass is 182 g/mol. The van der Waals surface area contributed by atoms with E-state index in [0.717, 1.165) is 0 Å². The molecular weight excluding hydrogens is 160 g/mol. The fraction of sp³-hybridized carbons (Fsp3) is 0.636. The molecule has 0 aromatic rings. The average Bonchev–Trinajstić information content (AvgIpc) is 2.08. The maximum absolute atomic E-state index is 3.90. The van der Waals surface area contributed by atoms with Crippen LogP contribution in [0.25, 0.3) is 0 Å². The predicted molar refractivity (Wildman–Crippen MR) is 61.2 cm³/mol. The second-order valence-electron chi connectivity index (χ2n) is 3.60. The number of hydrogen-bond acceptors (Lipinski definition) is 0. The topological polar surface area (TPSA) is 0 Å². The lowest BCUT2D eigenvalue weighted by molar-refractivity contribution is 1.19. The first-order valence-electron chi connectivity index (χ1n) is 4.95. The Morgan fingerprint density at radius 2 is 1.58 bits per heavy atom. The molecule has 0 heterocycles. The summed E-state index contributed by atoms with van der Waals surface area (Å²) in [5.74, 6) is 0. The lowest BCUT2D eigenvalue weighted by atomic mass is 10.4. The van der Waals surface area contributed by atoms with Gasteiger partial charge in [-0.05, 0) is 6.92 Å². The van der Waals surface area contributed by atoms with E-state index in [0.29, 0.717) is 0 Å². The third-order valence-electron chi connectivity index (χ3n) is 2.83. The lowest BCUT2D eigenvalue weighted by Crippen LogP contribution is -2.28. The molecule has 0 N–H and O–H groups in total. The molecule has 1 heteroatoms. The first kappa shape index (κ1) is 11.7. The first-order valence-corrected chi connectivity index (χ1v) is 7.64. The molecule has 0 saturated carbocycles. The Hall–Kier alpha value is -0.303. The highest BCUT2D eigenvalue weighted by Crippen LogP contribution is 2.21. The molecule has 12 heavy (non-hydrogen) atoms. The van der Waals surface area contributed by atoms with Crippen LogP contribution in [0.2, 0.25) is 18.1 Å². The summed E-state index contributed by atoms with van der Waals surface area (Å²) in [7, 11) is -1.02. The van der Waals surface area contributed by atoms with E-state index in [9.17, 15) is 0 Å². The van der Waals surface area contributed by atoms with Crippen LogP contribution in [0.5, 0.6) is 0 Å². The molecule has 0 saturated heterocycles. The summed E-state index contributed by atoms with van der Waals surface area (Å²) < 4.78 is 0. The summed E-state index contributed by atoms with van der Waals surface area (Å²) in [5.41, 5.74) is 3.65. The van der Waals surface area contributed by atoms with Crippen molar-refractivity contribution >= 4 is 8.07 Å². The van der Waals surface area contributed by atoms with Gasteiger partial charge in [0.1, 0.15) is 0 Å². The zero-order valence-corrected chi connectivity index (χ0v) is 9.98. The van der Waals surface area contributed by atoms with Crippen LogP contribution in [0.15, 0.2) is 23.9 Å². The predicted octanol–water partition coefficient (Wildman–Crippen LogP) is 4.17. The van der Waals surface area contributed by atoms with Crippen molar-refractivity contribution in [3.05, 3.63) is 23.9 Å². The maximum atomic E-state index is 3.90. The zero-order chi connectivity index (χ0) is 9.61. The third kappa shape index (κ3) is 3.40. The minimum absolute atomic E-state index is 1.02. The van der Waals surface area contributed by atoms with Crippen LogP contribution in [0.1, 0.15) is 27.7 Å². The summed E-state index contributed by atoms with van der Waals surface area (Å²) >= 11 is 0. The molecular formula is C11H22Si. The Labute approximate surface area is 78.4 Å². The molecule has 0 rings (SSSR count). The van der Waals surface area contributed by atoms with Crippen LogP contribution in [0, 0.1) is 0 Å². The van der Waals surface area contributed by atoms with Gasteiger partial charge in [-0.15, -0.1) is 0 Å². The molecule has 0 atom stereocenters. The minimum atomic E-state index is -1.02. The Kier molecular flexibility index (Phi) is 5.23. The van der Waals surface area contributed by atoms with Gasteiger partial charge in [-0.3, -0.25) is 0 Å². The van der Waals surface area contributed by atoms with E-state index in [1.165, 1.54) is 23.7 Å². The van der Waals surface area contributed by atoms with E-state index in [2.05, 4.69) is 46.0 Å². The van der Waals surface area contributed by atoms with Crippen LogP contribution >= 0.6 is 0 Å². The largest absolute Gasteiger partial charge is 0.0961 e. The van der Waals surface area contributed by atoms with Gasteiger partial charge in [0.15, 0.2) is 0 Å². The molecule has 0 radical (unpaired) electrons. The Morgan fingerprint density at radius 3 is 1.83 bits per heavy atom. The van der Waals surface area contributed by atoms with E-state index < -0.39 is 8.07 Å². The van der Waals surface area contributed by atoms with Gasteiger partial charge in [0.2, 0.25) is 0 Å². The molecule has 0 aliphatic rings. The van der Waals surface area contributed by atoms with Gasteiger partial charge in [0.05, 0.1) is 8.07 Å². The normalized spacial score (nSPS) is 12.3. The smallest absolute Gasteiger partial charge is 0.0770 e. The van der Waals surface area contributed by atoms with Crippen LogP contribution in [-0.2, 0) is 0 Å². The van der Waals surface area contributed by atoms with Crippen LogP contribution in [-0.4, -0.2) is 8.07 Å². The van der Waals surface area contributed by atoms with Gasteiger partial charge in [0, 0.05) is 0 Å². The summed E-state index contributed by atoms with van der Waals surface area (Å²) in [4.78, 5) is 0. The number of allylic oxidation sites excluding steroid dienone is 2. The summed E-state index contributed by atoms with van der Waals surface area (Å²) in [6.07, 6.45) is 2.21. The van der Waals surface area contributed by atoms with E-state index >= 15 is 0 Å². The summed E-state index contributed by atoms with van der Waals surface area (Å²) in [6.45, 7) is 12.9. The molecule has 0 fully saturated rings. The Bertz CT molecular complexity index is 156. The van der Waals surface area contributed by atoms with Crippen LogP contribution in [0.4, 0.5) is 0 Å². The van der Waals surface area contributed by atoms with Gasteiger partial charge in [-0.25, -0.2) is 0 Å². The standard InChI is InChI=1S/C11H22Si/c1-6-12(7-2,8-3)10-9-11(4)5/h9-10H,4,6-8H2,1-3,5H3. The van der Waals surface area contributed by atoms with Gasteiger partial charge in [0.25, 0.3) is 0 Å². The highest BCUT2D eigenvalue weighted by Gasteiger charge is 2.22. The first-order chi connectivity index (χ1) is 5.60. The maximum Gasteiger partial charge on any atom is 0.0770 e. The van der Waals surface area contributed by atoms with Crippen molar-refractivity contribution < 1.29 is 0 Å². The van der Waals surface area contributed by atoms with Crippen molar-refractivity contribution in [2.75, 3.05) is 0 Å². The molecule has 0 aromatic heterocycles. The van der Waals surface area contributed by atoms with E-state index in [4.69, 9.17) is 0 Å². The minimum Gasteiger partial charge on any atom is -0.0961 e. The quantitative estimate of drug-likeness (QED) is 0.442. The zero-order valence-electron chi connectivity index (χ0n) is 8.98. The van der Waals surface area contributed by atoms with Gasteiger partial charge >= 0.3 is 0 Å². The van der Waals surface area contributed by atoms with E-state index in [1.54, 1.807) is 0 Å². The van der Waals surface area contributed by atoms with Crippen molar-refractivity contribution in [1.29, 1.82) is 0 Å². The fourth-order valence-electron chi connectivity index (χ4n) is 1.42. The van der Waals surface area contributed by atoms with Crippen molar-refractivity contribution in [2.24, 2.45) is 0 Å². The molecule has 0 unspecified atom stereocenters. The Morgan fingerprint density at radius 1 is 1.17 bits per heavy atom. The second-order valence-corrected chi connectivity index (χ2v) is 8.78. The van der Waals surface area contributed by atoms with Crippen molar-refractivity contribution in [2.45, 2.75) is 45.8 Å². The van der Waals surface area contributed by atoms with E-state index in [1.807, 2.05) is 0 Å². The van der Waals surface area contributed by atoms with Crippen molar-refractivity contribution in [3.63, 3.8) is 0 Å². The Balaban J connectivity index is 4.39. The molecule has 0 amide bonds. The molecule has 0 aliphatic heterocycles. The lowest BCUT2D eigenvalue weighted by Gasteiger charge is -2.23. The number of rotatable bonds is 5. The van der Waals surface area contributed by atoms with Gasteiger partial charge < -0.3 is 0 Å². The summed E-state index contributed by atoms with van der Waals surface area (Å²) in [5, 5.41) is 0. The highest BCUT2D eigenvalue weighted by atomic mass is 28.3. The second kappa shape index (κ2) is 5.36. The molecule has 0 spiro atoms. The van der Waals surface area contributed by atoms with E-state index in [-0.39, 0.29) is 0 Å². The van der Waals surface area contributed by atoms with Crippen LogP contribution < -0.4 is 0 Å². The fourth-order valence-corrected chi connectivity index (χ4v) is 4.27. The van der Waals surface area contributed by atoms with Gasteiger partial charge in [-0.1, -0.05) is 62.8 Å². The molecule has 70 valence electrons. The molecule has 0 nitrogen and oxygen atoms in total.